The molecule has 0 atom stereocenters. The van der Waals surface area contributed by atoms with Crippen LogP contribution in [0.3, 0.4) is 0 Å². The molecule has 1 aliphatic heterocycles. The number of benzene rings is 8. The van der Waals surface area contributed by atoms with Crippen LogP contribution in [0.25, 0.3) is 49.5 Å². The summed E-state index contributed by atoms with van der Waals surface area (Å²) in [5.74, 6) is 0.942. The largest absolute Gasteiger partial charge is 0.472 e. The minimum absolute atomic E-state index is 0.476. The van der Waals surface area contributed by atoms with Gasteiger partial charge in [0.2, 0.25) is 0 Å². The van der Waals surface area contributed by atoms with Crippen LogP contribution in [0.15, 0.2) is 164 Å². The maximum absolute atomic E-state index is 7.57. The second-order valence-corrected chi connectivity index (χ2v) is 13.1. The lowest BCUT2D eigenvalue weighted by molar-refractivity contribution is 0.163. The van der Waals surface area contributed by atoms with E-state index in [-0.39, 0.29) is 0 Å². The van der Waals surface area contributed by atoms with Gasteiger partial charge in [0.1, 0.15) is 5.75 Å². The third-order valence-electron chi connectivity index (χ3n) is 11.0. The van der Waals surface area contributed by atoms with Gasteiger partial charge in [-0.2, -0.15) is 0 Å². The fourth-order valence-electron chi connectivity index (χ4n) is 9.26. The molecule has 1 heterocycles. The number of rotatable bonds is 2. The van der Waals surface area contributed by atoms with Gasteiger partial charge in [0.25, 0.3) is 0 Å². The first-order chi connectivity index (χ1) is 23.3. The molecule has 0 N–H and O–H groups in total. The van der Waals surface area contributed by atoms with Crippen LogP contribution in [-0.2, 0) is 11.0 Å². The highest BCUT2D eigenvalue weighted by Gasteiger charge is 2.53. The van der Waals surface area contributed by atoms with Crippen molar-refractivity contribution in [1.29, 1.82) is 0 Å². The average Bonchev–Trinajstić information content (AvgIpc) is 3.63. The van der Waals surface area contributed by atoms with E-state index in [0.717, 1.165) is 22.3 Å². The molecule has 1 nitrogen and oxygen atoms in total. The molecular weight excluding hydrogens is 569 g/mol. The molecule has 0 aromatic heterocycles. The van der Waals surface area contributed by atoms with Crippen LogP contribution in [0, 0.1) is 0 Å². The Hall–Kier alpha value is -5.92. The Bertz CT molecular complexity index is 2540. The Labute approximate surface area is 273 Å². The van der Waals surface area contributed by atoms with Crippen LogP contribution in [0.2, 0.25) is 0 Å². The molecule has 8 aromatic carbocycles. The Morgan fingerprint density at radius 2 is 1.00 bits per heavy atom. The Kier molecular flexibility index (Phi) is 4.77. The molecule has 0 saturated carbocycles. The van der Waals surface area contributed by atoms with Crippen LogP contribution in [0.5, 0.6) is 5.75 Å². The van der Waals surface area contributed by atoms with Crippen LogP contribution < -0.4 is 4.74 Å². The molecule has 47 heavy (non-hydrogen) atoms. The lowest BCUT2D eigenvalue weighted by atomic mass is 9.68. The second kappa shape index (κ2) is 8.87. The van der Waals surface area contributed by atoms with E-state index in [4.69, 9.17) is 4.74 Å². The Morgan fingerprint density at radius 1 is 0.447 bits per heavy atom. The van der Waals surface area contributed by atoms with Gasteiger partial charge in [-0.1, -0.05) is 164 Å². The first kappa shape index (κ1) is 25.3. The summed E-state index contributed by atoms with van der Waals surface area (Å²) in [7, 11) is 0. The molecule has 218 valence electrons. The van der Waals surface area contributed by atoms with Crippen LogP contribution in [-0.4, -0.2) is 0 Å². The third kappa shape index (κ3) is 2.96. The standard InChI is InChI=1S/C46H28O/c1-3-15-31(16-4-1)45(32-17-5-2-6-18-32)28-27-36-43-42(33-19-7-8-20-34(33)44(36)47-45)35-21-9-10-22-37(35)46(43)38-23-11-13-29-25-26-30-14-12-24-39(46)41(30)40(29)38/h1-28H. The van der Waals surface area contributed by atoms with E-state index in [0.29, 0.717) is 0 Å². The molecule has 0 amide bonds. The smallest absolute Gasteiger partial charge is 0.178 e. The van der Waals surface area contributed by atoms with Crippen LogP contribution >= 0.6 is 0 Å². The fraction of sp³-hybridized carbons (Fsp3) is 0.0435. The first-order valence-corrected chi connectivity index (χ1v) is 16.4. The van der Waals surface area contributed by atoms with Crippen molar-refractivity contribution in [3.8, 4) is 16.9 Å². The van der Waals surface area contributed by atoms with Crippen molar-refractivity contribution in [2.45, 2.75) is 11.0 Å². The third-order valence-corrected chi connectivity index (χ3v) is 11.0. The SMILES string of the molecule is C1=CC(c2ccccc2)(c2ccccc2)Oc2c1c1c(c3ccccc23)-c2ccccc2C12c1cccc3ccc4cccc2c4c13. The summed E-state index contributed by atoms with van der Waals surface area (Å²) in [4.78, 5) is 0. The number of hydrogen-bond donors (Lipinski definition) is 0. The molecule has 3 aliphatic rings. The van der Waals surface area contributed by atoms with Gasteiger partial charge in [0, 0.05) is 22.1 Å². The predicted octanol–water partition coefficient (Wildman–Crippen LogP) is 11.2. The van der Waals surface area contributed by atoms with E-state index < -0.39 is 11.0 Å². The number of ether oxygens (including phenoxy) is 1. The molecular formula is C46H28O. The van der Waals surface area contributed by atoms with Gasteiger partial charge in [0.05, 0.1) is 5.41 Å². The van der Waals surface area contributed by atoms with Crippen molar-refractivity contribution in [3.63, 3.8) is 0 Å². The molecule has 2 aliphatic carbocycles. The predicted molar refractivity (Wildman–Crippen MR) is 193 cm³/mol. The summed E-state index contributed by atoms with van der Waals surface area (Å²) in [6.07, 6.45) is 4.68. The first-order valence-electron chi connectivity index (χ1n) is 16.4. The van der Waals surface area contributed by atoms with E-state index in [1.165, 1.54) is 65.9 Å². The van der Waals surface area contributed by atoms with E-state index in [1.54, 1.807) is 0 Å². The van der Waals surface area contributed by atoms with E-state index >= 15 is 0 Å². The van der Waals surface area contributed by atoms with Crippen molar-refractivity contribution in [2.24, 2.45) is 0 Å². The molecule has 0 unspecified atom stereocenters. The van der Waals surface area contributed by atoms with Crippen molar-refractivity contribution >= 4 is 38.4 Å². The molecule has 8 aromatic rings. The van der Waals surface area contributed by atoms with Gasteiger partial charge in [-0.3, -0.25) is 0 Å². The highest BCUT2D eigenvalue weighted by atomic mass is 16.5. The van der Waals surface area contributed by atoms with E-state index in [9.17, 15) is 0 Å². The van der Waals surface area contributed by atoms with Gasteiger partial charge >= 0.3 is 0 Å². The van der Waals surface area contributed by atoms with Gasteiger partial charge < -0.3 is 4.74 Å². The molecule has 0 fully saturated rings. The Balaban J connectivity index is 1.33. The zero-order valence-corrected chi connectivity index (χ0v) is 25.6. The summed E-state index contributed by atoms with van der Waals surface area (Å²) in [5.41, 5.74) is 10.2. The number of hydrogen-bond acceptors (Lipinski definition) is 1. The fourth-order valence-corrected chi connectivity index (χ4v) is 9.26. The maximum atomic E-state index is 7.57. The minimum Gasteiger partial charge on any atom is -0.472 e. The summed E-state index contributed by atoms with van der Waals surface area (Å²) < 4.78 is 7.57. The maximum Gasteiger partial charge on any atom is 0.178 e. The molecule has 0 saturated heterocycles. The molecule has 0 radical (unpaired) electrons. The number of fused-ring (bicyclic) bond motifs is 12. The van der Waals surface area contributed by atoms with Crippen molar-refractivity contribution in [1.82, 2.24) is 0 Å². The van der Waals surface area contributed by atoms with Gasteiger partial charge in [-0.05, 0) is 66.4 Å². The van der Waals surface area contributed by atoms with Crippen molar-refractivity contribution < 1.29 is 4.74 Å². The van der Waals surface area contributed by atoms with Crippen molar-refractivity contribution in [2.75, 3.05) is 0 Å². The van der Waals surface area contributed by atoms with Gasteiger partial charge in [-0.25, -0.2) is 0 Å². The monoisotopic (exact) mass is 596 g/mol. The minimum atomic E-state index is -0.774. The lowest BCUT2D eigenvalue weighted by Crippen LogP contribution is -2.35. The molecule has 11 rings (SSSR count). The van der Waals surface area contributed by atoms with Gasteiger partial charge in [-0.15, -0.1) is 0 Å². The molecule has 1 heteroatoms. The van der Waals surface area contributed by atoms with Crippen LogP contribution in [0.1, 0.15) is 38.9 Å². The second-order valence-electron chi connectivity index (χ2n) is 13.1. The highest BCUT2D eigenvalue weighted by molar-refractivity contribution is 6.19. The van der Waals surface area contributed by atoms with Gasteiger partial charge in [0.15, 0.2) is 5.60 Å². The zero-order chi connectivity index (χ0) is 30.7. The molecule has 1 spiro atoms. The quantitative estimate of drug-likeness (QED) is 0.180. The lowest BCUT2D eigenvalue weighted by Gasteiger charge is -2.39. The molecule has 0 bridgehead atoms. The summed E-state index contributed by atoms with van der Waals surface area (Å²) in [5, 5.41) is 7.69. The normalized spacial score (nSPS) is 15.7. The summed E-state index contributed by atoms with van der Waals surface area (Å²) in [6.45, 7) is 0. The van der Waals surface area contributed by atoms with E-state index in [2.05, 4.69) is 170 Å². The Morgan fingerprint density at radius 3 is 1.66 bits per heavy atom. The van der Waals surface area contributed by atoms with E-state index in [1.807, 2.05) is 0 Å². The highest BCUT2D eigenvalue weighted by Crippen LogP contribution is 2.66. The zero-order valence-electron chi connectivity index (χ0n) is 25.6. The topological polar surface area (TPSA) is 9.23 Å². The van der Waals surface area contributed by atoms with Crippen LogP contribution in [0.4, 0.5) is 0 Å². The van der Waals surface area contributed by atoms with Crippen molar-refractivity contribution in [3.05, 3.63) is 203 Å². The summed E-state index contributed by atoms with van der Waals surface area (Å²) in [6, 6.07) is 57.6. The summed E-state index contributed by atoms with van der Waals surface area (Å²) >= 11 is 0. The average molecular weight is 597 g/mol.